The molecule has 0 atom stereocenters. The number of oxime groups is 1. The van der Waals surface area contributed by atoms with Gasteiger partial charge in [0, 0.05) is 26.7 Å². The van der Waals surface area contributed by atoms with Gasteiger partial charge in [-0.05, 0) is 24.3 Å². The standard InChI is InChI=1S/C23H14Cl3NO3/c24-17-10-16(11-18-21(27-30-23(18)28)14-6-2-1-3-7-14)22(20(26)12-17)29-13-15-8-4-5-9-19(15)25/h1-12H,13H2/b18-11-. The monoisotopic (exact) mass is 457 g/mol. The molecule has 0 fully saturated rings. The molecule has 0 aliphatic carbocycles. The highest BCUT2D eigenvalue weighted by molar-refractivity contribution is 6.36. The molecule has 0 aromatic heterocycles. The molecule has 0 amide bonds. The first-order valence-corrected chi connectivity index (χ1v) is 10.1. The normalized spacial score (nSPS) is 14.6. The van der Waals surface area contributed by atoms with Crippen LogP contribution in [0, 0.1) is 0 Å². The zero-order valence-electron chi connectivity index (χ0n) is 15.4. The van der Waals surface area contributed by atoms with Crippen molar-refractivity contribution in [1.82, 2.24) is 0 Å². The van der Waals surface area contributed by atoms with Crippen LogP contribution in [0.25, 0.3) is 6.08 Å². The highest BCUT2D eigenvalue weighted by Gasteiger charge is 2.27. The molecule has 0 unspecified atom stereocenters. The number of carbonyl (C=O) groups is 1. The second kappa shape index (κ2) is 8.92. The SMILES string of the molecule is O=C1ON=C(c2ccccc2)/C1=C/c1cc(Cl)cc(Cl)c1OCc1ccccc1Cl. The number of hydrogen-bond donors (Lipinski definition) is 0. The first kappa shape index (κ1) is 20.5. The van der Waals surface area contributed by atoms with Crippen molar-refractivity contribution in [2.45, 2.75) is 6.61 Å². The van der Waals surface area contributed by atoms with Crippen LogP contribution in [0.15, 0.2) is 77.5 Å². The van der Waals surface area contributed by atoms with Gasteiger partial charge in [-0.3, -0.25) is 0 Å². The summed E-state index contributed by atoms with van der Waals surface area (Å²) >= 11 is 18.8. The molecule has 0 saturated heterocycles. The van der Waals surface area contributed by atoms with Crippen molar-refractivity contribution in [3.8, 4) is 5.75 Å². The molecular formula is C23H14Cl3NO3. The maximum Gasteiger partial charge on any atom is 0.368 e. The maximum absolute atomic E-state index is 12.3. The largest absolute Gasteiger partial charge is 0.487 e. The molecule has 0 spiro atoms. The van der Waals surface area contributed by atoms with Gasteiger partial charge < -0.3 is 9.57 Å². The summed E-state index contributed by atoms with van der Waals surface area (Å²) < 4.78 is 5.96. The Kier molecular flexibility index (Phi) is 6.09. The number of halogens is 3. The lowest BCUT2D eigenvalue weighted by atomic mass is 10.0. The van der Waals surface area contributed by atoms with Gasteiger partial charge in [0.15, 0.2) is 0 Å². The van der Waals surface area contributed by atoms with E-state index in [1.807, 2.05) is 48.5 Å². The number of hydrogen-bond acceptors (Lipinski definition) is 4. The van der Waals surface area contributed by atoms with E-state index in [1.165, 1.54) is 0 Å². The molecule has 0 bridgehead atoms. The Balaban J connectivity index is 1.72. The first-order valence-electron chi connectivity index (χ1n) is 8.95. The summed E-state index contributed by atoms with van der Waals surface area (Å²) in [4.78, 5) is 17.2. The van der Waals surface area contributed by atoms with Crippen LogP contribution >= 0.6 is 34.8 Å². The highest BCUT2D eigenvalue weighted by atomic mass is 35.5. The highest BCUT2D eigenvalue weighted by Crippen LogP contribution is 2.36. The molecule has 1 heterocycles. The van der Waals surface area contributed by atoms with Crippen molar-refractivity contribution in [2.24, 2.45) is 5.16 Å². The number of benzene rings is 3. The molecule has 0 radical (unpaired) electrons. The van der Waals surface area contributed by atoms with Crippen LogP contribution in [0.3, 0.4) is 0 Å². The number of rotatable bonds is 5. The van der Waals surface area contributed by atoms with Crippen molar-refractivity contribution in [2.75, 3.05) is 0 Å². The van der Waals surface area contributed by atoms with Crippen LogP contribution in [0.4, 0.5) is 0 Å². The summed E-state index contributed by atoms with van der Waals surface area (Å²) in [5.74, 6) is -0.192. The van der Waals surface area contributed by atoms with Gasteiger partial charge in [-0.15, -0.1) is 0 Å². The van der Waals surface area contributed by atoms with Gasteiger partial charge in [-0.1, -0.05) is 88.5 Å². The molecule has 0 N–H and O–H groups in total. The van der Waals surface area contributed by atoms with E-state index in [2.05, 4.69) is 5.16 Å². The molecule has 4 nitrogen and oxygen atoms in total. The average molecular weight is 459 g/mol. The topological polar surface area (TPSA) is 47.9 Å². The van der Waals surface area contributed by atoms with E-state index in [4.69, 9.17) is 44.4 Å². The lowest BCUT2D eigenvalue weighted by molar-refractivity contribution is -0.136. The molecule has 3 aromatic rings. The van der Waals surface area contributed by atoms with E-state index >= 15 is 0 Å². The Bertz CT molecular complexity index is 1170. The molecule has 30 heavy (non-hydrogen) atoms. The molecule has 0 saturated carbocycles. The third-order valence-corrected chi connectivity index (χ3v) is 5.28. The van der Waals surface area contributed by atoms with Crippen molar-refractivity contribution in [1.29, 1.82) is 0 Å². The zero-order chi connectivity index (χ0) is 21.1. The second-order valence-corrected chi connectivity index (χ2v) is 7.68. The Hall–Kier alpha value is -2.79. The summed E-state index contributed by atoms with van der Waals surface area (Å²) in [7, 11) is 0. The predicted octanol–water partition coefficient (Wildman–Crippen LogP) is 6.57. The van der Waals surface area contributed by atoms with Gasteiger partial charge in [0.25, 0.3) is 0 Å². The Morgan fingerprint density at radius 3 is 2.43 bits per heavy atom. The van der Waals surface area contributed by atoms with Gasteiger partial charge in [-0.25, -0.2) is 4.79 Å². The molecule has 7 heteroatoms. The van der Waals surface area contributed by atoms with Crippen LogP contribution in [-0.4, -0.2) is 11.7 Å². The van der Waals surface area contributed by atoms with Gasteiger partial charge in [0.1, 0.15) is 18.1 Å². The Morgan fingerprint density at radius 1 is 0.933 bits per heavy atom. The summed E-state index contributed by atoms with van der Waals surface area (Å²) in [6, 6.07) is 19.9. The average Bonchev–Trinajstić information content (AvgIpc) is 3.09. The van der Waals surface area contributed by atoms with Crippen LogP contribution in [0.1, 0.15) is 16.7 Å². The molecule has 150 valence electrons. The maximum atomic E-state index is 12.3. The molecular weight excluding hydrogens is 445 g/mol. The fourth-order valence-corrected chi connectivity index (χ4v) is 3.73. The summed E-state index contributed by atoms with van der Waals surface area (Å²) in [6.07, 6.45) is 1.61. The quantitative estimate of drug-likeness (QED) is 0.321. The number of carbonyl (C=O) groups excluding carboxylic acids is 1. The molecule has 1 aliphatic rings. The summed E-state index contributed by atoms with van der Waals surface area (Å²) in [6.45, 7) is 0.196. The van der Waals surface area contributed by atoms with Gasteiger partial charge >= 0.3 is 5.97 Å². The third-order valence-electron chi connectivity index (χ3n) is 4.41. The van der Waals surface area contributed by atoms with Crippen LogP contribution in [-0.2, 0) is 16.2 Å². The minimum Gasteiger partial charge on any atom is -0.487 e. The van der Waals surface area contributed by atoms with Gasteiger partial charge in [-0.2, -0.15) is 0 Å². The van der Waals surface area contributed by atoms with E-state index in [9.17, 15) is 4.79 Å². The van der Waals surface area contributed by atoms with E-state index < -0.39 is 5.97 Å². The lowest BCUT2D eigenvalue weighted by Crippen LogP contribution is -2.07. The molecule has 3 aromatic carbocycles. The second-order valence-electron chi connectivity index (χ2n) is 6.43. The van der Waals surface area contributed by atoms with Crippen LogP contribution < -0.4 is 4.74 Å². The summed E-state index contributed by atoms with van der Waals surface area (Å²) in [5.41, 5.74) is 2.78. The van der Waals surface area contributed by atoms with Crippen molar-refractivity contribution < 1.29 is 14.4 Å². The zero-order valence-corrected chi connectivity index (χ0v) is 17.7. The molecule has 4 rings (SSSR count). The summed E-state index contributed by atoms with van der Waals surface area (Å²) in [5, 5.41) is 5.22. The lowest BCUT2D eigenvalue weighted by Gasteiger charge is -2.13. The predicted molar refractivity (Wildman–Crippen MR) is 119 cm³/mol. The minimum atomic E-state index is -0.568. The first-order chi connectivity index (χ1) is 14.5. The fourth-order valence-electron chi connectivity index (χ4n) is 2.97. The van der Waals surface area contributed by atoms with Crippen molar-refractivity contribution in [3.63, 3.8) is 0 Å². The minimum absolute atomic E-state index is 0.196. The third kappa shape index (κ3) is 4.36. The van der Waals surface area contributed by atoms with Crippen LogP contribution in [0.5, 0.6) is 5.75 Å². The van der Waals surface area contributed by atoms with E-state index in [-0.39, 0.29) is 12.2 Å². The number of nitrogens with zero attached hydrogens (tertiary/aromatic N) is 1. The number of ether oxygens (including phenoxy) is 1. The van der Waals surface area contributed by atoms with E-state index in [0.717, 1.165) is 11.1 Å². The fraction of sp³-hybridized carbons (Fsp3) is 0.0435. The van der Waals surface area contributed by atoms with Crippen molar-refractivity contribution >= 4 is 52.6 Å². The van der Waals surface area contributed by atoms with Crippen molar-refractivity contribution in [3.05, 3.63) is 104 Å². The smallest absolute Gasteiger partial charge is 0.368 e. The Morgan fingerprint density at radius 2 is 1.67 bits per heavy atom. The van der Waals surface area contributed by atoms with Gasteiger partial charge in [0.2, 0.25) is 0 Å². The van der Waals surface area contributed by atoms with E-state index in [1.54, 1.807) is 24.3 Å². The van der Waals surface area contributed by atoms with E-state index in [0.29, 0.717) is 32.1 Å². The molecule has 1 aliphatic heterocycles. The Labute approximate surface area is 188 Å². The van der Waals surface area contributed by atoms with Crippen LogP contribution in [0.2, 0.25) is 15.1 Å². The van der Waals surface area contributed by atoms with Gasteiger partial charge in [0.05, 0.1) is 10.6 Å².